The van der Waals surface area contributed by atoms with Crippen LogP contribution < -0.4 is 10.1 Å². The summed E-state index contributed by atoms with van der Waals surface area (Å²) in [6, 6.07) is 20.4. The number of anilines is 1. The fourth-order valence-corrected chi connectivity index (χ4v) is 3.52. The number of methoxy groups -OCH3 is 1. The molecule has 6 heteroatoms. The van der Waals surface area contributed by atoms with E-state index >= 15 is 0 Å². The fraction of sp³-hybridized carbons (Fsp3) is 0.0769. The number of hydrogen-bond acceptors (Lipinski definition) is 4. The molecule has 0 bridgehead atoms. The summed E-state index contributed by atoms with van der Waals surface area (Å²) in [5.74, 6) is 2.96. The first kappa shape index (κ1) is 20.9. The molecule has 0 spiro atoms. The number of halogens is 1. The van der Waals surface area contributed by atoms with Crippen LogP contribution >= 0.6 is 0 Å². The van der Waals surface area contributed by atoms with Gasteiger partial charge in [-0.2, -0.15) is 5.10 Å². The van der Waals surface area contributed by atoms with E-state index in [9.17, 15) is 9.18 Å². The van der Waals surface area contributed by atoms with Gasteiger partial charge in [0.25, 0.3) is 0 Å². The van der Waals surface area contributed by atoms with E-state index in [4.69, 9.17) is 11.2 Å². The van der Waals surface area contributed by atoms with Gasteiger partial charge in [-0.05, 0) is 66.2 Å². The summed E-state index contributed by atoms with van der Waals surface area (Å²) < 4.78 is 18.9. The van der Waals surface area contributed by atoms with Crippen LogP contribution in [0.4, 0.5) is 10.1 Å². The second kappa shape index (κ2) is 9.19. The van der Waals surface area contributed by atoms with E-state index in [2.05, 4.69) is 21.4 Å². The third kappa shape index (κ3) is 4.23. The highest BCUT2D eigenvalue weighted by Gasteiger charge is 2.25. The molecule has 3 aromatic carbocycles. The number of terminal acetylenes is 1. The molecule has 0 aliphatic carbocycles. The zero-order valence-corrected chi connectivity index (χ0v) is 17.3. The van der Waals surface area contributed by atoms with Crippen LogP contribution in [0.1, 0.15) is 33.2 Å². The lowest BCUT2D eigenvalue weighted by molar-refractivity contribution is 0.111. The number of nitrogens with zero attached hydrogens (tertiary/aromatic N) is 1. The highest BCUT2D eigenvalue weighted by atomic mass is 19.1. The Kier molecular flexibility index (Phi) is 6.00. The predicted molar refractivity (Wildman–Crippen MR) is 122 cm³/mol. The maximum Gasteiger partial charge on any atom is 0.168 e. The van der Waals surface area contributed by atoms with Gasteiger partial charge in [0.2, 0.25) is 0 Å². The average Bonchev–Trinajstić information content (AvgIpc) is 3.27. The minimum Gasteiger partial charge on any atom is -0.497 e. The summed E-state index contributed by atoms with van der Waals surface area (Å²) in [7, 11) is 1.60. The van der Waals surface area contributed by atoms with Gasteiger partial charge >= 0.3 is 0 Å². The molecule has 0 saturated carbocycles. The van der Waals surface area contributed by atoms with E-state index in [1.54, 1.807) is 19.2 Å². The Bertz CT molecular complexity index is 1250. The second-order valence-electron chi connectivity index (χ2n) is 7.10. The molecule has 1 heterocycles. The summed E-state index contributed by atoms with van der Waals surface area (Å²) in [5, 5.41) is 10.7. The topological polar surface area (TPSA) is 67.0 Å². The van der Waals surface area contributed by atoms with Crippen LogP contribution in [0.25, 0.3) is 11.3 Å². The first-order valence-corrected chi connectivity index (χ1v) is 9.89. The van der Waals surface area contributed by atoms with Crippen molar-refractivity contribution in [3.8, 4) is 29.4 Å². The zero-order valence-electron chi connectivity index (χ0n) is 17.3. The van der Waals surface area contributed by atoms with Gasteiger partial charge in [-0.15, -0.1) is 6.42 Å². The Hall–Kier alpha value is -4.37. The minimum atomic E-state index is -0.483. The van der Waals surface area contributed by atoms with Crippen LogP contribution in [0.15, 0.2) is 72.8 Å². The van der Waals surface area contributed by atoms with Crippen molar-refractivity contribution in [1.82, 2.24) is 10.2 Å². The monoisotopic (exact) mass is 425 g/mol. The standard InChI is InChI=1S/C26H20FN3O2/c1-3-17-4-12-21(13-5-17)28-25(18-6-10-20(27)11-7-18)24-23(16-31)29-30-26(24)19-8-14-22(32-2)15-9-19/h1,4-16,25,28H,2H3,(H,29,30). The Balaban J connectivity index is 1.84. The van der Waals surface area contributed by atoms with Crippen LogP contribution in [0.5, 0.6) is 5.75 Å². The van der Waals surface area contributed by atoms with Crippen molar-refractivity contribution in [2.45, 2.75) is 6.04 Å². The average molecular weight is 425 g/mol. The highest BCUT2D eigenvalue weighted by molar-refractivity contribution is 5.81. The van der Waals surface area contributed by atoms with Crippen LogP contribution in [-0.4, -0.2) is 23.6 Å². The lowest BCUT2D eigenvalue weighted by Crippen LogP contribution is -2.14. The van der Waals surface area contributed by atoms with Crippen LogP contribution in [0.3, 0.4) is 0 Å². The van der Waals surface area contributed by atoms with Crippen molar-refractivity contribution in [3.63, 3.8) is 0 Å². The summed E-state index contributed by atoms with van der Waals surface area (Å²) in [5.41, 5.74) is 4.71. The highest BCUT2D eigenvalue weighted by Crippen LogP contribution is 2.35. The Morgan fingerprint density at radius 1 is 1.06 bits per heavy atom. The van der Waals surface area contributed by atoms with E-state index in [0.29, 0.717) is 22.7 Å². The molecule has 2 N–H and O–H groups in total. The molecule has 1 unspecified atom stereocenters. The zero-order chi connectivity index (χ0) is 22.5. The summed E-state index contributed by atoms with van der Waals surface area (Å²) in [6.45, 7) is 0. The molecule has 0 aliphatic rings. The van der Waals surface area contributed by atoms with Gasteiger partial charge in [0.05, 0.1) is 18.8 Å². The normalized spacial score (nSPS) is 11.4. The molecule has 5 nitrogen and oxygen atoms in total. The molecule has 0 saturated heterocycles. The number of carbonyl (C=O) groups excluding carboxylic acids is 1. The van der Waals surface area contributed by atoms with E-state index in [1.807, 2.05) is 48.5 Å². The third-order valence-electron chi connectivity index (χ3n) is 5.17. The second-order valence-corrected chi connectivity index (χ2v) is 7.10. The molecule has 32 heavy (non-hydrogen) atoms. The molecule has 1 aromatic heterocycles. The van der Waals surface area contributed by atoms with Crippen LogP contribution in [-0.2, 0) is 0 Å². The van der Waals surface area contributed by atoms with Gasteiger partial charge in [-0.25, -0.2) is 4.39 Å². The molecular formula is C26H20FN3O2. The Morgan fingerprint density at radius 2 is 1.75 bits per heavy atom. The number of aldehydes is 1. The van der Waals surface area contributed by atoms with E-state index in [1.165, 1.54) is 12.1 Å². The fourth-order valence-electron chi connectivity index (χ4n) is 3.52. The Morgan fingerprint density at radius 3 is 2.34 bits per heavy atom. The summed E-state index contributed by atoms with van der Waals surface area (Å²) in [6.07, 6.45) is 6.19. The quantitative estimate of drug-likeness (QED) is 0.315. The SMILES string of the molecule is C#Cc1ccc(NC(c2ccc(F)cc2)c2c(-c3ccc(OC)cc3)n[nH]c2C=O)cc1. The van der Waals surface area contributed by atoms with Crippen molar-refractivity contribution in [1.29, 1.82) is 0 Å². The molecule has 0 radical (unpaired) electrons. The van der Waals surface area contributed by atoms with Crippen LogP contribution in [0.2, 0.25) is 0 Å². The molecule has 0 fully saturated rings. The maximum absolute atomic E-state index is 13.6. The smallest absolute Gasteiger partial charge is 0.168 e. The van der Waals surface area contributed by atoms with Gasteiger partial charge in [0.15, 0.2) is 6.29 Å². The van der Waals surface area contributed by atoms with Crippen LogP contribution in [0, 0.1) is 18.2 Å². The molecule has 1 atom stereocenters. The number of carbonyl (C=O) groups is 1. The number of aromatic nitrogens is 2. The summed E-state index contributed by atoms with van der Waals surface area (Å²) in [4.78, 5) is 11.9. The van der Waals surface area contributed by atoms with Gasteiger partial charge in [0.1, 0.15) is 17.3 Å². The molecule has 0 amide bonds. The number of ether oxygens (including phenoxy) is 1. The van der Waals surface area contributed by atoms with Crippen molar-refractivity contribution >= 4 is 12.0 Å². The number of aromatic amines is 1. The third-order valence-corrected chi connectivity index (χ3v) is 5.17. The molecular weight excluding hydrogens is 405 g/mol. The predicted octanol–water partition coefficient (Wildman–Crippen LogP) is 5.22. The van der Waals surface area contributed by atoms with E-state index in [0.717, 1.165) is 28.7 Å². The van der Waals surface area contributed by atoms with Gasteiger partial charge in [-0.1, -0.05) is 18.1 Å². The lowest BCUT2D eigenvalue weighted by Gasteiger charge is -2.22. The number of benzene rings is 3. The molecule has 0 aliphatic heterocycles. The number of H-pyrrole nitrogens is 1. The first-order valence-electron chi connectivity index (χ1n) is 9.89. The lowest BCUT2D eigenvalue weighted by atomic mass is 9.93. The first-order chi connectivity index (χ1) is 15.6. The minimum absolute atomic E-state index is 0.331. The maximum atomic E-state index is 13.6. The van der Waals surface area contributed by atoms with Crippen molar-refractivity contribution in [3.05, 3.63) is 101 Å². The van der Waals surface area contributed by atoms with Gasteiger partial charge < -0.3 is 10.1 Å². The molecule has 4 aromatic rings. The number of hydrogen-bond donors (Lipinski definition) is 2. The molecule has 158 valence electrons. The number of nitrogens with one attached hydrogen (secondary N) is 2. The summed E-state index contributed by atoms with van der Waals surface area (Å²) >= 11 is 0. The van der Waals surface area contributed by atoms with Crippen molar-refractivity contribution < 1.29 is 13.9 Å². The number of rotatable bonds is 7. The Labute approximate surface area is 185 Å². The van der Waals surface area contributed by atoms with Gasteiger partial charge in [-0.3, -0.25) is 9.89 Å². The van der Waals surface area contributed by atoms with Crippen molar-refractivity contribution in [2.24, 2.45) is 0 Å². The molecule has 4 rings (SSSR count). The van der Waals surface area contributed by atoms with Crippen molar-refractivity contribution in [2.75, 3.05) is 12.4 Å². The van der Waals surface area contributed by atoms with E-state index in [-0.39, 0.29) is 5.82 Å². The van der Waals surface area contributed by atoms with Gasteiger partial charge in [0, 0.05) is 22.4 Å². The largest absolute Gasteiger partial charge is 0.497 e. The van der Waals surface area contributed by atoms with E-state index < -0.39 is 6.04 Å².